The third-order valence-corrected chi connectivity index (χ3v) is 25.0. The predicted molar refractivity (Wildman–Crippen MR) is 393 cm³/mol. The average molecular weight is 1580 g/mol. The third kappa shape index (κ3) is 17.9. The normalized spacial score (nSPS) is 30.1. The molecule has 0 aromatic heterocycles. The number of nitrogens with one attached hydrogen (secondary N) is 5. The molecule has 16 amide bonds. The fourth-order valence-corrected chi connectivity index (χ4v) is 19.7. The first-order valence-corrected chi connectivity index (χ1v) is 40.7. The Morgan fingerprint density at radius 1 is 0.274 bits per heavy atom. The highest BCUT2D eigenvalue weighted by Gasteiger charge is 2.56. The number of carbonyl (C=O) groups excluding carboxylic acids is 20. The summed E-state index contributed by atoms with van der Waals surface area (Å²) in [4.78, 5) is 291. The zero-order chi connectivity index (χ0) is 80.5. The summed E-state index contributed by atoms with van der Waals surface area (Å²) in [7, 11) is 0. The van der Waals surface area contributed by atoms with Gasteiger partial charge in [-0.1, -0.05) is 0 Å². The molecular formula is C76H107N17O20. The minimum Gasteiger partial charge on any atom is -0.368 e. The van der Waals surface area contributed by atoms with E-state index in [0.717, 1.165) is 6.42 Å². The topological polar surface area (TPSA) is 463 Å². The van der Waals surface area contributed by atoms with E-state index in [1.165, 1.54) is 53.9 Å². The summed E-state index contributed by atoms with van der Waals surface area (Å²) < 4.78 is 0. The summed E-state index contributed by atoms with van der Waals surface area (Å²) in [6, 6.07) is -15.9. The average Bonchev–Trinajstić information content (AvgIpc) is 1.63. The lowest BCUT2D eigenvalue weighted by molar-refractivity contribution is -0.156. The van der Waals surface area contributed by atoms with Crippen LogP contribution in [0.25, 0.3) is 0 Å². The second kappa shape index (κ2) is 37.0. The van der Waals surface area contributed by atoms with Gasteiger partial charge in [-0.25, -0.2) is 0 Å². The molecule has 12 aliphatic heterocycles. The molecule has 12 saturated heterocycles. The molecule has 16 atom stereocenters. The van der Waals surface area contributed by atoms with E-state index in [4.69, 9.17) is 5.73 Å². The first-order chi connectivity index (χ1) is 54.4. The van der Waals surface area contributed by atoms with E-state index in [-0.39, 0.29) is 193 Å². The number of primary amides is 1. The van der Waals surface area contributed by atoms with Gasteiger partial charge >= 0.3 is 0 Å². The van der Waals surface area contributed by atoms with E-state index >= 15 is 38.4 Å². The molecule has 12 heterocycles. The van der Waals surface area contributed by atoms with Gasteiger partial charge in [-0.15, -0.1) is 0 Å². The number of rotatable bonds is 28. The van der Waals surface area contributed by atoms with Crippen molar-refractivity contribution in [2.24, 2.45) is 5.73 Å². The number of hydrogen-bond acceptors (Lipinski definition) is 21. The Hall–Kier alpha value is -9.84. The molecule has 12 rings (SSSR count). The number of amides is 16. The lowest BCUT2D eigenvalue weighted by atomic mass is 10.1. The highest BCUT2D eigenvalue weighted by atomic mass is 16.2. The van der Waals surface area contributed by atoms with Gasteiger partial charge in [0.15, 0.2) is 0 Å². The highest BCUT2D eigenvalue weighted by Crippen LogP contribution is 2.38. The molecule has 0 radical (unpaired) electrons. The molecule has 37 nitrogen and oxygen atoms in total. The Morgan fingerprint density at radius 2 is 0.487 bits per heavy atom. The van der Waals surface area contributed by atoms with Gasteiger partial charge < -0.3 is 105 Å². The van der Waals surface area contributed by atoms with Crippen LogP contribution >= 0.6 is 0 Å². The molecule has 7 N–H and O–H groups in total. The van der Waals surface area contributed by atoms with Gasteiger partial charge in [0.1, 0.15) is 91.6 Å². The minimum atomic E-state index is -1.30. The summed E-state index contributed by atoms with van der Waals surface area (Å²) in [6.45, 7) is 0.932. The van der Waals surface area contributed by atoms with Crippen molar-refractivity contribution in [2.45, 2.75) is 276 Å². The molecule has 0 spiro atoms. The van der Waals surface area contributed by atoms with E-state index in [2.05, 4.69) is 26.6 Å². The van der Waals surface area contributed by atoms with Crippen LogP contribution in [0.3, 0.4) is 0 Å². The number of aldehydes is 4. The van der Waals surface area contributed by atoms with E-state index < -0.39 is 185 Å². The zero-order valence-corrected chi connectivity index (χ0v) is 64.0. The van der Waals surface area contributed by atoms with E-state index in [1.54, 1.807) is 0 Å². The van der Waals surface area contributed by atoms with Crippen LogP contribution in [-0.4, -0.2) is 349 Å². The Bertz CT molecular complexity index is 3750. The quantitative estimate of drug-likeness (QED) is 0.0402. The fraction of sp³-hybridized carbons (Fsp3) is 0.737. The first-order valence-electron chi connectivity index (χ1n) is 40.7. The van der Waals surface area contributed by atoms with Gasteiger partial charge in [-0.2, -0.15) is 0 Å². The number of hydrogen-bond donors (Lipinski definition) is 6. The van der Waals surface area contributed by atoms with Crippen molar-refractivity contribution < 1.29 is 95.9 Å². The van der Waals surface area contributed by atoms with Crippen LogP contribution in [0.1, 0.15) is 180 Å². The maximum Gasteiger partial charge on any atom is 0.246 e. The summed E-state index contributed by atoms with van der Waals surface area (Å²) in [5, 5.41) is 14.6. The van der Waals surface area contributed by atoms with Crippen LogP contribution in [0, 0.1) is 0 Å². The van der Waals surface area contributed by atoms with Gasteiger partial charge in [-0.05, 0) is 135 Å². The minimum absolute atomic E-state index is 0.00675. The molecule has 0 unspecified atom stereocenters. The van der Waals surface area contributed by atoms with Crippen LogP contribution in [0.4, 0.5) is 0 Å². The van der Waals surface area contributed by atoms with Crippen LogP contribution in [0.15, 0.2) is 0 Å². The Kier molecular flexibility index (Phi) is 27.0. The van der Waals surface area contributed by atoms with Crippen molar-refractivity contribution in [2.75, 3.05) is 78.5 Å². The maximum atomic E-state index is 15.5. The second-order valence-electron chi connectivity index (χ2n) is 32.2. The largest absolute Gasteiger partial charge is 0.368 e. The fourth-order valence-electron chi connectivity index (χ4n) is 19.7. The number of likely N-dealkylation sites (tertiary alicyclic amines) is 11. The molecule has 0 bridgehead atoms. The van der Waals surface area contributed by atoms with Crippen molar-refractivity contribution >= 4 is 120 Å². The number of carbonyl (C=O) groups is 20. The summed E-state index contributed by atoms with van der Waals surface area (Å²) >= 11 is 0. The summed E-state index contributed by atoms with van der Waals surface area (Å²) in [5.41, 5.74) is 5.71. The van der Waals surface area contributed by atoms with Gasteiger partial charge in [0.05, 0.1) is 6.04 Å². The van der Waals surface area contributed by atoms with Crippen molar-refractivity contribution in [3.63, 3.8) is 0 Å². The summed E-state index contributed by atoms with van der Waals surface area (Å²) in [5.74, 6) is -8.65. The van der Waals surface area contributed by atoms with Gasteiger partial charge in [0, 0.05) is 148 Å². The Morgan fingerprint density at radius 3 is 0.708 bits per heavy atom. The van der Waals surface area contributed by atoms with E-state index in [0.29, 0.717) is 89.5 Å². The molecule has 0 saturated carbocycles. The van der Waals surface area contributed by atoms with E-state index in [1.807, 2.05) is 0 Å². The molecule has 113 heavy (non-hydrogen) atoms. The molecule has 12 fully saturated rings. The van der Waals surface area contributed by atoms with Crippen molar-refractivity contribution in [1.82, 2.24) is 80.5 Å². The van der Waals surface area contributed by atoms with E-state index in [9.17, 15) is 57.5 Å². The predicted octanol–water partition coefficient (Wildman–Crippen LogP) is -4.58. The monoisotopic (exact) mass is 1580 g/mol. The number of nitrogens with two attached hydrogens (primary N) is 1. The summed E-state index contributed by atoms with van der Waals surface area (Å²) in [6.07, 6.45) is 6.77. The van der Waals surface area contributed by atoms with Gasteiger partial charge in [0.25, 0.3) is 0 Å². The SMILES string of the molecule is NC(=O)[C@@H]1CCCN1C(=O)[C@@H]1C[C@H](NC(=O)CCC=O)CN1C(=O)[C@@H]1CCCN1C(=O)[C@@H]1CCCN1C(=O)[C@@H]1C[C@H](NC(=O)CCC=O)CN1C(=O)[C@@H]1CCCN1C(=O)[C@@H]1CCCN1C(=O)[C@@H]1C[C@H](NC(=O)CCC=O)CN1C(=O)[C@@H]1CCCN1C(=O)[C@@H]1CCCN1C(=O)[C@@H]1C[C@H](NC(=O)CCC=O)CN1C(=O)[C@@H]1CCCN1. The molecule has 0 aromatic carbocycles. The molecule has 37 heteroatoms. The van der Waals surface area contributed by atoms with Crippen LogP contribution in [-0.2, 0) is 95.9 Å². The van der Waals surface area contributed by atoms with Crippen molar-refractivity contribution in [3.05, 3.63) is 0 Å². The zero-order valence-electron chi connectivity index (χ0n) is 64.0. The molecular weight excluding hydrogens is 1470 g/mol. The Balaban J connectivity index is 0.738. The lowest BCUT2D eigenvalue weighted by Gasteiger charge is -2.37. The highest BCUT2D eigenvalue weighted by molar-refractivity contribution is 6.02. The molecule has 0 aliphatic carbocycles. The van der Waals surface area contributed by atoms with Crippen molar-refractivity contribution in [3.8, 4) is 0 Å². The van der Waals surface area contributed by atoms with Crippen molar-refractivity contribution in [1.29, 1.82) is 0 Å². The third-order valence-electron chi connectivity index (χ3n) is 25.0. The lowest BCUT2D eigenvalue weighted by Crippen LogP contribution is -2.59. The molecule has 12 aliphatic rings. The molecule has 616 valence electrons. The first kappa shape index (κ1) is 82.6. The maximum absolute atomic E-state index is 15.5. The van der Waals surface area contributed by atoms with Crippen LogP contribution in [0.2, 0.25) is 0 Å². The smallest absolute Gasteiger partial charge is 0.246 e. The van der Waals surface area contributed by atoms with Crippen LogP contribution < -0.4 is 32.3 Å². The van der Waals surface area contributed by atoms with Gasteiger partial charge in [-0.3, -0.25) is 76.7 Å². The number of nitrogens with zero attached hydrogens (tertiary/aromatic N) is 11. The van der Waals surface area contributed by atoms with Crippen LogP contribution in [0.5, 0.6) is 0 Å². The second-order valence-corrected chi connectivity index (χ2v) is 32.2. The standard InChI is InChI=1S/C76H107N17O20/c77-65(102)50-14-2-26-83(50)73(110)58-38-46(80-62(99)22-10-34-95)42-91(58)70(107)54-18-6-27-84(54)68(105)52-16-4-31-88(52)75(112)60-40-48(82-64(101)24-12-36-97)44-93(60)72(109)56-20-8-29-86(56)69(106)53-17-5-32-89(53)76(113)59-39-47(81-63(100)23-11-35-96)43-92(59)71(108)55-19-7-28-85(55)67(104)51-15-3-30-87(51)74(111)57-37-45(79-61(98)21-9-33-94)41-90(57)66(103)49-13-1-25-78-49/h33-36,45-60,78H,1-32,37-44H2,(H2,77,102)(H,79,98)(H,80,99)(H,81,100)(H,82,101)/t45-,46-,47-,48-,49-,50-,51-,52-,53-,54-,55-,56-,57-,58-,59-,60-/m0/s1. The molecule has 0 aromatic rings. The van der Waals surface area contributed by atoms with Gasteiger partial charge in [0.2, 0.25) is 94.5 Å². The Labute approximate surface area is 654 Å².